The number of aryl methyl sites for hydroxylation is 1. The molecular weight excluding hydrogens is 251 g/mol. The minimum absolute atomic E-state index is 0.283. The van der Waals surface area contributed by atoms with Gasteiger partial charge in [-0.1, -0.05) is 30.3 Å². The van der Waals surface area contributed by atoms with E-state index in [2.05, 4.69) is 0 Å². The molecule has 0 radical (unpaired) electrons. The fourth-order valence-corrected chi connectivity index (χ4v) is 2.68. The second-order valence-electron chi connectivity index (χ2n) is 3.76. The zero-order chi connectivity index (χ0) is 13.1. The molecule has 0 N–H and O–H groups in total. The Bertz CT molecular complexity index is 561. The van der Waals surface area contributed by atoms with Gasteiger partial charge in [0.2, 0.25) is 0 Å². The Labute approximate surface area is 109 Å². The average Bonchev–Trinajstić information content (AvgIpc) is 2.67. The number of benzene rings is 1. The first-order valence-corrected chi connectivity index (χ1v) is 6.48. The van der Waals surface area contributed by atoms with Crippen LogP contribution in [-0.4, -0.2) is 12.6 Å². The van der Waals surface area contributed by atoms with Gasteiger partial charge in [0.25, 0.3) is 0 Å². The summed E-state index contributed by atoms with van der Waals surface area (Å²) in [5.41, 5.74) is 1.04. The van der Waals surface area contributed by atoms with Crippen LogP contribution in [-0.2, 0) is 4.74 Å². The first kappa shape index (κ1) is 12.8. The molecule has 4 heteroatoms. The molecule has 0 unspecified atom stereocenters. The van der Waals surface area contributed by atoms with E-state index in [-0.39, 0.29) is 12.4 Å². The quantitative estimate of drug-likeness (QED) is 0.782. The molecule has 0 saturated carbocycles. The molecule has 0 aliphatic heterocycles. The molecule has 94 valence electrons. The van der Waals surface area contributed by atoms with Crippen LogP contribution in [0.4, 0.5) is 4.39 Å². The van der Waals surface area contributed by atoms with Crippen molar-refractivity contribution in [3.63, 3.8) is 0 Å². The van der Waals surface area contributed by atoms with Crippen molar-refractivity contribution in [1.29, 1.82) is 0 Å². The van der Waals surface area contributed by atoms with Crippen molar-refractivity contribution in [1.82, 2.24) is 0 Å². The van der Waals surface area contributed by atoms with E-state index in [0.717, 1.165) is 11.3 Å². The van der Waals surface area contributed by atoms with E-state index in [1.165, 1.54) is 0 Å². The van der Waals surface area contributed by atoms with Gasteiger partial charge in [0.1, 0.15) is 10.7 Å². The average molecular weight is 264 g/mol. The second kappa shape index (κ2) is 5.31. The molecule has 0 saturated heterocycles. The van der Waals surface area contributed by atoms with Gasteiger partial charge in [0.05, 0.1) is 6.61 Å². The van der Waals surface area contributed by atoms with Crippen molar-refractivity contribution in [3.8, 4) is 11.1 Å². The fraction of sp³-hybridized carbons (Fsp3) is 0.214. The predicted molar refractivity (Wildman–Crippen MR) is 70.4 cm³/mol. The largest absolute Gasteiger partial charge is 0.462 e. The molecule has 0 spiro atoms. The normalized spacial score (nSPS) is 10.4. The number of rotatable bonds is 3. The number of halogens is 1. The zero-order valence-electron chi connectivity index (χ0n) is 10.2. The van der Waals surface area contributed by atoms with E-state index >= 15 is 0 Å². The van der Waals surface area contributed by atoms with Crippen molar-refractivity contribution >= 4 is 17.3 Å². The smallest absolute Gasteiger partial charge is 0.349 e. The molecule has 1 aromatic heterocycles. The van der Waals surface area contributed by atoms with Crippen LogP contribution in [0.5, 0.6) is 0 Å². The van der Waals surface area contributed by atoms with Gasteiger partial charge in [-0.2, -0.15) is 0 Å². The van der Waals surface area contributed by atoms with Gasteiger partial charge in [0, 0.05) is 10.4 Å². The second-order valence-corrected chi connectivity index (χ2v) is 4.99. The molecular formula is C14H13FO2S. The summed E-state index contributed by atoms with van der Waals surface area (Å²) in [6.07, 6.45) is 0. The number of thiophene rings is 1. The van der Waals surface area contributed by atoms with Crippen molar-refractivity contribution < 1.29 is 13.9 Å². The van der Waals surface area contributed by atoms with Gasteiger partial charge in [-0.05, 0) is 19.4 Å². The van der Waals surface area contributed by atoms with Crippen molar-refractivity contribution in [3.05, 3.63) is 45.9 Å². The number of carbonyl (C=O) groups is 1. The van der Waals surface area contributed by atoms with Gasteiger partial charge in [-0.25, -0.2) is 9.18 Å². The number of hydrogen-bond donors (Lipinski definition) is 0. The fourth-order valence-electron chi connectivity index (χ4n) is 1.73. The summed E-state index contributed by atoms with van der Waals surface area (Å²) >= 11 is 1.13. The topological polar surface area (TPSA) is 26.3 Å². The number of ether oxygens (including phenoxy) is 1. The first-order chi connectivity index (χ1) is 8.65. The lowest BCUT2D eigenvalue weighted by Crippen LogP contribution is -2.04. The molecule has 0 bridgehead atoms. The Morgan fingerprint density at radius 1 is 1.33 bits per heavy atom. The molecule has 0 atom stereocenters. The van der Waals surface area contributed by atoms with E-state index in [0.29, 0.717) is 20.9 Å². The molecule has 2 rings (SSSR count). The Morgan fingerprint density at radius 2 is 2.00 bits per heavy atom. The predicted octanol–water partition coefficient (Wildman–Crippen LogP) is 4.04. The molecule has 18 heavy (non-hydrogen) atoms. The third-order valence-corrected chi connectivity index (χ3v) is 3.59. The number of carbonyl (C=O) groups excluding carboxylic acids is 1. The molecule has 2 aromatic rings. The van der Waals surface area contributed by atoms with Gasteiger partial charge < -0.3 is 4.74 Å². The Balaban J connectivity index is 2.55. The third kappa shape index (κ3) is 2.29. The van der Waals surface area contributed by atoms with E-state index in [4.69, 9.17) is 4.74 Å². The van der Waals surface area contributed by atoms with Crippen LogP contribution in [0, 0.1) is 12.7 Å². The highest BCUT2D eigenvalue weighted by Crippen LogP contribution is 2.35. The Morgan fingerprint density at radius 3 is 2.61 bits per heavy atom. The van der Waals surface area contributed by atoms with Crippen LogP contribution in [0.25, 0.3) is 11.1 Å². The van der Waals surface area contributed by atoms with Gasteiger partial charge >= 0.3 is 5.97 Å². The minimum atomic E-state index is -0.464. The molecule has 0 aliphatic carbocycles. The molecule has 2 nitrogen and oxygen atoms in total. The van der Waals surface area contributed by atoms with E-state index in [1.807, 2.05) is 18.2 Å². The summed E-state index contributed by atoms with van der Waals surface area (Å²) in [5, 5.41) is 0. The van der Waals surface area contributed by atoms with Crippen LogP contribution in [0.1, 0.15) is 21.5 Å². The van der Waals surface area contributed by atoms with Crippen LogP contribution < -0.4 is 0 Å². The van der Waals surface area contributed by atoms with Crippen LogP contribution in [0.2, 0.25) is 0 Å². The van der Waals surface area contributed by atoms with Crippen LogP contribution in [0.3, 0.4) is 0 Å². The zero-order valence-corrected chi connectivity index (χ0v) is 11.0. The first-order valence-electron chi connectivity index (χ1n) is 5.66. The molecule has 0 aliphatic rings. The maximum absolute atomic E-state index is 14.1. The standard InChI is InChI=1S/C14H13FO2S/c1-3-17-14(16)13-11(12(15)9(2)18-13)10-7-5-4-6-8-10/h4-8H,3H2,1-2H3. The van der Waals surface area contributed by atoms with E-state index < -0.39 is 5.97 Å². The number of esters is 1. The minimum Gasteiger partial charge on any atom is -0.462 e. The van der Waals surface area contributed by atoms with E-state index in [9.17, 15) is 9.18 Å². The van der Waals surface area contributed by atoms with Crippen LogP contribution >= 0.6 is 11.3 Å². The molecule has 1 aromatic carbocycles. The van der Waals surface area contributed by atoms with Crippen molar-refractivity contribution in [2.75, 3.05) is 6.61 Å². The monoisotopic (exact) mass is 264 g/mol. The lowest BCUT2D eigenvalue weighted by molar-refractivity contribution is 0.0532. The Hall–Kier alpha value is -1.68. The highest BCUT2D eigenvalue weighted by Gasteiger charge is 2.23. The third-order valence-electron chi connectivity index (χ3n) is 2.53. The van der Waals surface area contributed by atoms with Gasteiger partial charge in [0.15, 0.2) is 0 Å². The summed E-state index contributed by atoms with van der Waals surface area (Å²) < 4.78 is 19.1. The summed E-state index contributed by atoms with van der Waals surface area (Å²) in [7, 11) is 0. The highest BCUT2D eigenvalue weighted by molar-refractivity contribution is 7.14. The summed E-state index contributed by atoms with van der Waals surface area (Å²) in [4.78, 5) is 12.7. The SMILES string of the molecule is CCOC(=O)c1sc(C)c(F)c1-c1ccccc1. The maximum Gasteiger partial charge on any atom is 0.349 e. The molecule has 0 fully saturated rings. The van der Waals surface area contributed by atoms with Gasteiger partial charge in [-0.15, -0.1) is 11.3 Å². The summed E-state index contributed by atoms with van der Waals surface area (Å²) in [6.45, 7) is 3.68. The van der Waals surface area contributed by atoms with Crippen LogP contribution in [0.15, 0.2) is 30.3 Å². The van der Waals surface area contributed by atoms with Crippen molar-refractivity contribution in [2.24, 2.45) is 0 Å². The maximum atomic E-state index is 14.1. The summed E-state index contributed by atoms with van der Waals surface area (Å²) in [6, 6.07) is 9.05. The van der Waals surface area contributed by atoms with E-state index in [1.54, 1.807) is 26.0 Å². The summed E-state index contributed by atoms with van der Waals surface area (Å²) in [5.74, 6) is -0.803. The molecule has 1 heterocycles. The lowest BCUT2D eigenvalue weighted by Gasteiger charge is -2.04. The van der Waals surface area contributed by atoms with Crippen molar-refractivity contribution in [2.45, 2.75) is 13.8 Å². The lowest BCUT2D eigenvalue weighted by atomic mass is 10.1. The number of hydrogen-bond acceptors (Lipinski definition) is 3. The Kier molecular flexibility index (Phi) is 3.77. The van der Waals surface area contributed by atoms with Gasteiger partial charge in [-0.3, -0.25) is 0 Å². The highest BCUT2D eigenvalue weighted by atomic mass is 32.1. The molecule has 0 amide bonds.